The molecule has 1 N–H and O–H groups in total. The number of nitrogens with zero attached hydrogens (tertiary/aromatic N) is 1. The zero-order valence-electron chi connectivity index (χ0n) is 15.9. The lowest BCUT2D eigenvalue weighted by atomic mass is 10.1. The van der Waals surface area contributed by atoms with Crippen molar-refractivity contribution in [2.45, 2.75) is 46.6 Å². The van der Waals surface area contributed by atoms with Crippen molar-refractivity contribution in [1.82, 2.24) is 4.98 Å². The maximum atomic E-state index is 12.3. The van der Waals surface area contributed by atoms with Gasteiger partial charge in [-0.3, -0.25) is 4.79 Å². The standard InChI is InChI=1S/C20H25ClN2O3/c1-6-15(7-2)23-16-10-12(3)22-20(19(16)13(4)24)26-17-9-8-14(21)11-18(17)25-5/h8-11,15H,6-7H2,1-5H3,(H,22,23). The molecule has 0 unspecified atom stereocenters. The summed E-state index contributed by atoms with van der Waals surface area (Å²) in [5, 5.41) is 3.98. The van der Waals surface area contributed by atoms with Gasteiger partial charge in [-0.05, 0) is 44.9 Å². The molecule has 0 amide bonds. The number of carbonyl (C=O) groups is 1. The first-order chi connectivity index (χ1) is 12.4. The number of Topliss-reactive ketones (excluding diaryl/α,β-unsaturated/α-hetero) is 1. The highest BCUT2D eigenvalue weighted by molar-refractivity contribution is 6.30. The van der Waals surface area contributed by atoms with Crippen molar-refractivity contribution in [3.8, 4) is 17.4 Å². The molecule has 0 spiro atoms. The van der Waals surface area contributed by atoms with Crippen LogP contribution in [0.2, 0.25) is 5.02 Å². The fourth-order valence-corrected chi connectivity index (χ4v) is 2.88. The van der Waals surface area contributed by atoms with E-state index >= 15 is 0 Å². The minimum atomic E-state index is -0.117. The second-order valence-electron chi connectivity index (χ2n) is 6.10. The molecular weight excluding hydrogens is 352 g/mol. The Kier molecular flexibility index (Phi) is 6.86. The Balaban J connectivity index is 2.51. The Hall–Kier alpha value is -2.27. The van der Waals surface area contributed by atoms with Crippen LogP contribution in [0.15, 0.2) is 24.3 Å². The van der Waals surface area contributed by atoms with Crippen LogP contribution < -0.4 is 14.8 Å². The quantitative estimate of drug-likeness (QED) is 0.603. The van der Waals surface area contributed by atoms with Crippen LogP contribution in [0.1, 0.15) is 49.7 Å². The van der Waals surface area contributed by atoms with E-state index in [2.05, 4.69) is 24.1 Å². The number of hydrogen-bond donors (Lipinski definition) is 1. The molecule has 0 bridgehead atoms. The predicted octanol–water partition coefficient (Wildman–Crippen LogP) is 5.65. The Labute approximate surface area is 159 Å². The first kappa shape index (κ1) is 20.0. The second kappa shape index (κ2) is 8.90. The van der Waals surface area contributed by atoms with E-state index in [0.29, 0.717) is 22.1 Å². The van der Waals surface area contributed by atoms with Crippen molar-refractivity contribution in [1.29, 1.82) is 0 Å². The van der Waals surface area contributed by atoms with Crippen LogP contribution in [-0.2, 0) is 0 Å². The molecule has 6 heteroatoms. The third-order valence-corrected chi connectivity index (χ3v) is 4.38. The summed E-state index contributed by atoms with van der Waals surface area (Å²) in [5.41, 5.74) is 1.92. The number of ether oxygens (including phenoxy) is 2. The van der Waals surface area contributed by atoms with Gasteiger partial charge in [-0.1, -0.05) is 25.4 Å². The summed E-state index contributed by atoms with van der Waals surface area (Å²) in [6, 6.07) is 7.20. The molecule has 0 radical (unpaired) electrons. The number of methoxy groups -OCH3 is 1. The monoisotopic (exact) mass is 376 g/mol. The van der Waals surface area contributed by atoms with Crippen molar-refractivity contribution >= 4 is 23.1 Å². The van der Waals surface area contributed by atoms with Crippen LogP contribution in [0.3, 0.4) is 0 Å². The molecule has 140 valence electrons. The summed E-state index contributed by atoms with van der Waals surface area (Å²) in [4.78, 5) is 16.8. The maximum Gasteiger partial charge on any atom is 0.232 e. The van der Waals surface area contributed by atoms with Crippen LogP contribution in [0, 0.1) is 6.92 Å². The molecule has 0 aliphatic rings. The summed E-state index contributed by atoms with van der Waals surface area (Å²) >= 11 is 6.00. The molecule has 0 aliphatic carbocycles. The topological polar surface area (TPSA) is 60.5 Å². The van der Waals surface area contributed by atoms with Crippen LogP contribution in [-0.4, -0.2) is 23.9 Å². The molecule has 0 saturated carbocycles. The molecule has 1 aromatic carbocycles. The molecular formula is C20H25ClN2O3. The lowest BCUT2D eigenvalue weighted by Gasteiger charge is -2.20. The van der Waals surface area contributed by atoms with Crippen LogP contribution in [0.25, 0.3) is 0 Å². The van der Waals surface area contributed by atoms with Gasteiger partial charge in [0, 0.05) is 22.8 Å². The average molecular weight is 377 g/mol. The number of rotatable bonds is 8. The number of hydrogen-bond acceptors (Lipinski definition) is 5. The lowest BCUT2D eigenvalue weighted by molar-refractivity contribution is 0.101. The molecule has 1 aromatic heterocycles. The minimum absolute atomic E-state index is 0.117. The number of ketones is 1. The molecule has 0 atom stereocenters. The van der Waals surface area contributed by atoms with E-state index in [1.165, 1.54) is 14.0 Å². The van der Waals surface area contributed by atoms with Gasteiger partial charge in [-0.15, -0.1) is 0 Å². The number of pyridine rings is 1. The van der Waals surface area contributed by atoms with Crippen molar-refractivity contribution in [3.63, 3.8) is 0 Å². The molecule has 0 aliphatic heterocycles. The Bertz CT molecular complexity index is 789. The van der Waals surface area contributed by atoms with Gasteiger partial charge < -0.3 is 14.8 Å². The van der Waals surface area contributed by atoms with Gasteiger partial charge in [0.15, 0.2) is 17.3 Å². The maximum absolute atomic E-state index is 12.3. The lowest BCUT2D eigenvalue weighted by Crippen LogP contribution is -2.19. The average Bonchev–Trinajstić information content (AvgIpc) is 2.60. The Morgan fingerprint density at radius 2 is 1.92 bits per heavy atom. The summed E-state index contributed by atoms with van der Waals surface area (Å²) in [5.74, 6) is 1.07. The number of aromatic nitrogens is 1. The molecule has 1 heterocycles. The number of anilines is 1. The van der Waals surface area contributed by atoms with E-state index in [-0.39, 0.29) is 17.7 Å². The van der Waals surface area contributed by atoms with Crippen molar-refractivity contribution < 1.29 is 14.3 Å². The number of carbonyl (C=O) groups excluding carboxylic acids is 1. The molecule has 0 saturated heterocycles. The highest BCUT2D eigenvalue weighted by Gasteiger charge is 2.20. The fraction of sp³-hybridized carbons (Fsp3) is 0.400. The molecule has 26 heavy (non-hydrogen) atoms. The Morgan fingerprint density at radius 3 is 2.50 bits per heavy atom. The van der Waals surface area contributed by atoms with E-state index in [4.69, 9.17) is 21.1 Å². The first-order valence-electron chi connectivity index (χ1n) is 8.70. The highest BCUT2D eigenvalue weighted by Crippen LogP contribution is 2.36. The van der Waals surface area contributed by atoms with E-state index < -0.39 is 0 Å². The van der Waals surface area contributed by atoms with Gasteiger partial charge in [-0.25, -0.2) is 4.98 Å². The smallest absolute Gasteiger partial charge is 0.232 e. The number of nitrogens with one attached hydrogen (secondary N) is 1. The van der Waals surface area contributed by atoms with Crippen LogP contribution in [0.4, 0.5) is 5.69 Å². The summed E-state index contributed by atoms with van der Waals surface area (Å²) in [6.07, 6.45) is 1.91. The van der Waals surface area contributed by atoms with Gasteiger partial charge in [-0.2, -0.15) is 0 Å². The highest BCUT2D eigenvalue weighted by atomic mass is 35.5. The summed E-state index contributed by atoms with van der Waals surface area (Å²) in [7, 11) is 1.54. The molecule has 0 fully saturated rings. The molecule has 2 rings (SSSR count). The van der Waals surface area contributed by atoms with Gasteiger partial charge in [0.05, 0.1) is 12.8 Å². The van der Waals surface area contributed by atoms with Gasteiger partial charge in [0.25, 0.3) is 0 Å². The summed E-state index contributed by atoms with van der Waals surface area (Å²) < 4.78 is 11.3. The predicted molar refractivity (Wildman–Crippen MR) is 105 cm³/mol. The minimum Gasteiger partial charge on any atom is -0.493 e. The van der Waals surface area contributed by atoms with Crippen LogP contribution in [0.5, 0.6) is 17.4 Å². The normalized spacial score (nSPS) is 10.7. The third kappa shape index (κ3) is 4.67. The van der Waals surface area contributed by atoms with Gasteiger partial charge in [0.2, 0.25) is 5.88 Å². The summed E-state index contributed by atoms with van der Waals surface area (Å²) in [6.45, 7) is 7.60. The van der Waals surface area contributed by atoms with Gasteiger partial charge >= 0.3 is 0 Å². The fourth-order valence-electron chi connectivity index (χ4n) is 2.72. The van der Waals surface area contributed by atoms with Crippen molar-refractivity contribution in [3.05, 3.63) is 40.5 Å². The van der Waals surface area contributed by atoms with E-state index in [0.717, 1.165) is 24.2 Å². The van der Waals surface area contributed by atoms with Crippen molar-refractivity contribution in [2.75, 3.05) is 12.4 Å². The van der Waals surface area contributed by atoms with Gasteiger partial charge in [0.1, 0.15) is 5.56 Å². The number of benzene rings is 1. The number of halogens is 1. The zero-order valence-corrected chi connectivity index (χ0v) is 16.6. The first-order valence-corrected chi connectivity index (χ1v) is 9.07. The Morgan fingerprint density at radius 1 is 1.23 bits per heavy atom. The molecule has 2 aromatic rings. The van der Waals surface area contributed by atoms with E-state index in [1.807, 2.05) is 13.0 Å². The zero-order chi connectivity index (χ0) is 19.3. The van der Waals surface area contributed by atoms with E-state index in [9.17, 15) is 4.79 Å². The largest absolute Gasteiger partial charge is 0.493 e. The SMILES string of the molecule is CCC(CC)Nc1cc(C)nc(Oc2ccc(Cl)cc2OC)c1C(C)=O. The molecule has 5 nitrogen and oxygen atoms in total. The van der Waals surface area contributed by atoms with Crippen LogP contribution >= 0.6 is 11.6 Å². The van der Waals surface area contributed by atoms with E-state index in [1.54, 1.807) is 18.2 Å². The third-order valence-electron chi connectivity index (χ3n) is 4.14. The van der Waals surface area contributed by atoms with Crippen molar-refractivity contribution in [2.24, 2.45) is 0 Å². The number of aryl methyl sites for hydroxylation is 1. The second-order valence-corrected chi connectivity index (χ2v) is 6.54.